The van der Waals surface area contributed by atoms with E-state index in [9.17, 15) is 14.0 Å². The number of furan rings is 1. The van der Waals surface area contributed by atoms with Gasteiger partial charge in [0.1, 0.15) is 23.9 Å². The van der Waals surface area contributed by atoms with Gasteiger partial charge in [0.15, 0.2) is 5.76 Å². The van der Waals surface area contributed by atoms with E-state index < -0.39 is 0 Å². The molecule has 0 atom stereocenters. The molecule has 2 aromatic rings. The van der Waals surface area contributed by atoms with Gasteiger partial charge >= 0.3 is 5.97 Å². The fourth-order valence-corrected chi connectivity index (χ4v) is 2.99. The van der Waals surface area contributed by atoms with Crippen LogP contribution in [0.2, 0.25) is 0 Å². The second kappa shape index (κ2) is 8.70. The van der Waals surface area contributed by atoms with Crippen molar-refractivity contribution in [1.29, 1.82) is 0 Å². The van der Waals surface area contributed by atoms with Gasteiger partial charge < -0.3 is 18.8 Å². The smallest absolute Gasteiger partial charge is 0.309 e. The molecule has 0 N–H and O–H groups in total. The molecule has 1 aliphatic rings. The average Bonchev–Trinajstić information content (AvgIpc) is 3.16. The van der Waals surface area contributed by atoms with E-state index in [1.54, 1.807) is 24.0 Å². The van der Waals surface area contributed by atoms with Crippen LogP contribution in [-0.2, 0) is 16.1 Å². The Labute approximate surface area is 156 Å². The van der Waals surface area contributed by atoms with Gasteiger partial charge in [0.2, 0.25) is 0 Å². The van der Waals surface area contributed by atoms with Gasteiger partial charge in [-0.1, -0.05) is 0 Å². The first kappa shape index (κ1) is 18.9. The van der Waals surface area contributed by atoms with Crippen molar-refractivity contribution in [3.63, 3.8) is 0 Å². The second-order valence-corrected chi connectivity index (χ2v) is 6.33. The number of amides is 1. The molecular weight excluding hydrogens is 353 g/mol. The summed E-state index contributed by atoms with van der Waals surface area (Å²) in [5.41, 5.74) is 0. The Bertz CT molecular complexity index is 778. The fourth-order valence-electron chi connectivity index (χ4n) is 2.99. The summed E-state index contributed by atoms with van der Waals surface area (Å²) in [6, 6.07) is 8.97. The molecule has 27 heavy (non-hydrogen) atoms. The van der Waals surface area contributed by atoms with Crippen molar-refractivity contribution in [3.8, 4) is 5.75 Å². The Hall–Kier alpha value is -2.83. The number of ether oxygens (including phenoxy) is 2. The summed E-state index contributed by atoms with van der Waals surface area (Å²) in [5.74, 6) is 0.381. The number of carbonyl (C=O) groups is 2. The highest BCUT2D eigenvalue weighted by atomic mass is 19.1. The molecule has 1 aromatic carbocycles. The third-order valence-corrected chi connectivity index (χ3v) is 4.47. The van der Waals surface area contributed by atoms with Crippen LogP contribution in [0.15, 0.2) is 40.8 Å². The zero-order chi connectivity index (χ0) is 19.2. The molecule has 1 fully saturated rings. The Morgan fingerprint density at radius 3 is 2.52 bits per heavy atom. The highest BCUT2D eigenvalue weighted by Gasteiger charge is 2.29. The molecule has 1 aliphatic heterocycles. The van der Waals surface area contributed by atoms with Crippen LogP contribution in [0.3, 0.4) is 0 Å². The quantitative estimate of drug-likeness (QED) is 0.724. The van der Waals surface area contributed by atoms with Crippen molar-refractivity contribution < 1.29 is 27.9 Å². The van der Waals surface area contributed by atoms with Gasteiger partial charge in [0.25, 0.3) is 5.91 Å². The van der Waals surface area contributed by atoms with E-state index in [0.29, 0.717) is 44.0 Å². The van der Waals surface area contributed by atoms with Crippen LogP contribution >= 0.6 is 0 Å². The minimum absolute atomic E-state index is 0.143. The number of carbonyl (C=O) groups excluding carboxylic acids is 2. The molecule has 2 heterocycles. The number of hydrogen-bond donors (Lipinski definition) is 0. The zero-order valence-electron chi connectivity index (χ0n) is 15.2. The molecule has 3 rings (SSSR count). The molecular formula is C20H22FNO5. The maximum atomic E-state index is 12.9. The van der Waals surface area contributed by atoms with Gasteiger partial charge in [0.05, 0.1) is 12.5 Å². The van der Waals surface area contributed by atoms with E-state index in [4.69, 9.17) is 13.9 Å². The van der Waals surface area contributed by atoms with Gasteiger partial charge in [-0.3, -0.25) is 9.59 Å². The summed E-state index contributed by atoms with van der Waals surface area (Å²) in [7, 11) is 0. The summed E-state index contributed by atoms with van der Waals surface area (Å²) < 4.78 is 29.0. The largest absolute Gasteiger partial charge is 0.486 e. The maximum Gasteiger partial charge on any atom is 0.309 e. The number of piperidine rings is 1. The molecule has 0 saturated carbocycles. The van der Waals surface area contributed by atoms with Crippen molar-refractivity contribution in [3.05, 3.63) is 53.7 Å². The van der Waals surface area contributed by atoms with Crippen LogP contribution in [0.1, 0.15) is 36.1 Å². The number of benzene rings is 1. The lowest BCUT2D eigenvalue weighted by atomic mass is 9.97. The van der Waals surface area contributed by atoms with Crippen molar-refractivity contribution in [2.24, 2.45) is 5.92 Å². The number of likely N-dealkylation sites (tertiary alicyclic amines) is 1. The lowest BCUT2D eigenvalue weighted by Gasteiger charge is -2.30. The van der Waals surface area contributed by atoms with Crippen LogP contribution < -0.4 is 4.74 Å². The number of halogens is 1. The predicted molar refractivity (Wildman–Crippen MR) is 94.7 cm³/mol. The van der Waals surface area contributed by atoms with E-state index in [1.165, 1.54) is 24.3 Å². The number of nitrogens with zero attached hydrogens (tertiary/aromatic N) is 1. The molecule has 0 unspecified atom stereocenters. The Kier molecular flexibility index (Phi) is 6.11. The third kappa shape index (κ3) is 4.87. The van der Waals surface area contributed by atoms with Gasteiger partial charge in [-0.2, -0.15) is 0 Å². The lowest BCUT2D eigenvalue weighted by molar-refractivity contribution is -0.149. The van der Waals surface area contributed by atoms with Crippen LogP contribution in [-0.4, -0.2) is 36.5 Å². The van der Waals surface area contributed by atoms with E-state index in [0.717, 1.165) is 0 Å². The molecule has 0 spiro atoms. The Morgan fingerprint density at radius 2 is 1.85 bits per heavy atom. The molecule has 0 radical (unpaired) electrons. The third-order valence-electron chi connectivity index (χ3n) is 4.47. The number of hydrogen-bond acceptors (Lipinski definition) is 5. The average molecular weight is 375 g/mol. The van der Waals surface area contributed by atoms with Crippen molar-refractivity contribution in [1.82, 2.24) is 4.90 Å². The zero-order valence-corrected chi connectivity index (χ0v) is 15.2. The van der Waals surface area contributed by atoms with Gasteiger partial charge in [-0.25, -0.2) is 4.39 Å². The van der Waals surface area contributed by atoms with Crippen molar-refractivity contribution in [2.45, 2.75) is 26.4 Å². The van der Waals surface area contributed by atoms with Crippen LogP contribution in [0.25, 0.3) is 0 Å². The number of rotatable bonds is 6. The Balaban J connectivity index is 1.51. The van der Waals surface area contributed by atoms with Gasteiger partial charge in [-0.15, -0.1) is 0 Å². The predicted octanol–water partition coefficient (Wildman–Crippen LogP) is 3.41. The van der Waals surface area contributed by atoms with E-state index in [-0.39, 0.29) is 36.0 Å². The monoisotopic (exact) mass is 375 g/mol. The van der Waals surface area contributed by atoms with Gasteiger partial charge in [-0.05, 0) is 56.2 Å². The molecule has 1 aromatic heterocycles. The Morgan fingerprint density at radius 1 is 1.15 bits per heavy atom. The molecule has 7 heteroatoms. The van der Waals surface area contributed by atoms with E-state index in [2.05, 4.69) is 0 Å². The lowest BCUT2D eigenvalue weighted by Crippen LogP contribution is -2.40. The van der Waals surface area contributed by atoms with Gasteiger partial charge in [0, 0.05) is 13.1 Å². The molecule has 1 saturated heterocycles. The molecule has 144 valence electrons. The second-order valence-electron chi connectivity index (χ2n) is 6.33. The van der Waals surface area contributed by atoms with E-state index in [1.807, 2.05) is 0 Å². The normalized spacial score (nSPS) is 14.8. The SMILES string of the molecule is CCOC(=O)C1CCN(C(=O)c2ccc(COc3ccc(F)cc3)o2)CC1. The summed E-state index contributed by atoms with van der Waals surface area (Å²) in [4.78, 5) is 26.0. The van der Waals surface area contributed by atoms with Crippen molar-refractivity contribution in [2.75, 3.05) is 19.7 Å². The van der Waals surface area contributed by atoms with Crippen LogP contribution in [0.4, 0.5) is 4.39 Å². The first-order valence-electron chi connectivity index (χ1n) is 9.00. The first-order chi connectivity index (χ1) is 13.1. The van der Waals surface area contributed by atoms with Crippen molar-refractivity contribution >= 4 is 11.9 Å². The van der Waals surface area contributed by atoms with Crippen LogP contribution in [0, 0.1) is 11.7 Å². The number of esters is 1. The summed E-state index contributed by atoms with van der Waals surface area (Å²) in [6.07, 6.45) is 1.18. The first-order valence-corrected chi connectivity index (χ1v) is 9.00. The summed E-state index contributed by atoms with van der Waals surface area (Å²) >= 11 is 0. The molecule has 6 nitrogen and oxygen atoms in total. The van der Waals surface area contributed by atoms with E-state index >= 15 is 0 Å². The molecule has 0 bridgehead atoms. The minimum Gasteiger partial charge on any atom is -0.486 e. The topological polar surface area (TPSA) is 69.0 Å². The highest BCUT2D eigenvalue weighted by Crippen LogP contribution is 2.21. The summed E-state index contributed by atoms with van der Waals surface area (Å²) in [5, 5.41) is 0. The maximum absolute atomic E-state index is 12.9. The standard InChI is InChI=1S/C20H22FNO5/c1-2-25-20(24)14-9-11-22(12-10-14)19(23)18-8-7-17(27-18)13-26-16-5-3-15(21)4-6-16/h3-8,14H,2,9-13H2,1H3. The molecule has 0 aliphatic carbocycles. The van der Waals surface area contributed by atoms with Crippen LogP contribution in [0.5, 0.6) is 5.75 Å². The summed E-state index contributed by atoms with van der Waals surface area (Å²) in [6.45, 7) is 3.27. The molecule has 1 amide bonds. The highest BCUT2D eigenvalue weighted by molar-refractivity contribution is 5.91. The fraction of sp³-hybridized carbons (Fsp3) is 0.400. The minimum atomic E-state index is -0.333.